The SMILES string of the molecule is CC(C)(C)c1c[c-]c2c(c1)-c1cc(C(C)(C)C)ccc1C2.Cc1cc(C(C)C)c(C)[cH-]1.FC(F)(F)c1ccc([CH]=[Zr+2])cc1.[Cl-].[Cl-]. The zero-order valence-corrected chi connectivity index (χ0v) is 32.1. The molecule has 0 saturated carbocycles. The van der Waals surface area contributed by atoms with Gasteiger partial charge in [-0.1, -0.05) is 110 Å². The summed E-state index contributed by atoms with van der Waals surface area (Å²) in [6, 6.07) is 24.7. The maximum atomic E-state index is 12.0. The normalized spacial score (nSPS) is 12.0. The first-order chi connectivity index (χ1) is 19.8. The first kappa shape index (κ1) is 41.2. The Labute approximate surface area is 296 Å². The Kier molecular flexibility index (Phi) is 14.9. The van der Waals surface area contributed by atoms with Crippen LogP contribution in [0.2, 0.25) is 0 Å². The van der Waals surface area contributed by atoms with Gasteiger partial charge in [0.25, 0.3) is 0 Å². The van der Waals surface area contributed by atoms with Gasteiger partial charge in [-0.3, -0.25) is 0 Å². The topological polar surface area (TPSA) is 0 Å². The van der Waals surface area contributed by atoms with Crippen LogP contribution in [0.4, 0.5) is 13.2 Å². The van der Waals surface area contributed by atoms with Crippen molar-refractivity contribution in [1.29, 1.82) is 0 Å². The summed E-state index contributed by atoms with van der Waals surface area (Å²) >= 11 is 1.18. The summed E-state index contributed by atoms with van der Waals surface area (Å²) in [6.07, 6.45) is -3.20. The smallest absolute Gasteiger partial charge is 1.00 e. The molecule has 1 aliphatic carbocycles. The summed E-state index contributed by atoms with van der Waals surface area (Å²) < 4.78 is 37.9. The maximum absolute atomic E-state index is 12.0. The van der Waals surface area contributed by atoms with Crippen molar-refractivity contribution in [3.8, 4) is 11.1 Å². The molecular weight excluding hydrogens is 688 g/mol. The van der Waals surface area contributed by atoms with E-state index in [2.05, 4.69) is 118 Å². The Morgan fingerprint density at radius 1 is 0.778 bits per heavy atom. The molecule has 0 aliphatic heterocycles. The Morgan fingerprint density at radius 3 is 1.73 bits per heavy atom. The Morgan fingerprint density at radius 2 is 1.31 bits per heavy atom. The largest absolute Gasteiger partial charge is 1.00 e. The fourth-order valence-corrected chi connectivity index (χ4v) is 5.67. The monoisotopic (exact) mass is 730 g/mol. The number of benzene rings is 3. The van der Waals surface area contributed by atoms with Gasteiger partial charge in [0.1, 0.15) is 0 Å². The maximum Gasteiger partial charge on any atom is -1.00 e. The number of alkyl halides is 3. The van der Waals surface area contributed by atoms with Gasteiger partial charge in [0, 0.05) is 0 Å². The van der Waals surface area contributed by atoms with Crippen LogP contribution in [0.1, 0.15) is 111 Å². The Hall–Kier alpha value is -1.87. The van der Waals surface area contributed by atoms with E-state index in [1.807, 2.05) is 3.71 Å². The first-order valence-electron chi connectivity index (χ1n) is 14.9. The third-order valence-corrected chi connectivity index (χ3v) is 8.65. The van der Waals surface area contributed by atoms with Crippen LogP contribution in [0.25, 0.3) is 11.1 Å². The van der Waals surface area contributed by atoms with Crippen LogP contribution in [-0.2, 0) is 47.7 Å². The molecule has 4 aromatic rings. The fourth-order valence-electron chi connectivity index (χ4n) is 5.20. The van der Waals surface area contributed by atoms with E-state index in [1.54, 1.807) is 0 Å². The molecule has 0 saturated heterocycles. The minimum atomic E-state index is -4.22. The third-order valence-electron chi connectivity index (χ3n) is 7.84. The molecule has 0 amide bonds. The molecule has 0 fully saturated rings. The second kappa shape index (κ2) is 16.3. The Balaban J connectivity index is 0.000000362. The molecule has 1 aliphatic rings. The van der Waals surface area contributed by atoms with Crippen molar-refractivity contribution in [1.82, 2.24) is 0 Å². The van der Waals surface area contributed by atoms with Crippen LogP contribution in [-0.4, -0.2) is 3.71 Å². The molecule has 4 aromatic carbocycles. The van der Waals surface area contributed by atoms with Crippen molar-refractivity contribution in [2.24, 2.45) is 0 Å². The molecule has 0 N–H and O–H groups in total. The molecule has 0 nitrogen and oxygen atoms in total. The van der Waals surface area contributed by atoms with Crippen LogP contribution in [0, 0.1) is 19.9 Å². The number of halogens is 5. The number of aryl methyl sites for hydroxylation is 2. The molecule has 5 rings (SSSR count). The van der Waals surface area contributed by atoms with Gasteiger partial charge in [0.15, 0.2) is 0 Å². The average Bonchev–Trinajstić information content (AvgIpc) is 3.45. The van der Waals surface area contributed by atoms with E-state index in [9.17, 15) is 13.2 Å². The summed E-state index contributed by atoms with van der Waals surface area (Å²) in [5.74, 6) is 0.675. The van der Waals surface area contributed by atoms with Gasteiger partial charge in [-0.25, -0.2) is 6.07 Å². The molecule has 0 aromatic heterocycles. The van der Waals surface area contributed by atoms with Crippen molar-refractivity contribution in [2.75, 3.05) is 0 Å². The minimum Gasteiger partial charge on any atom is -1.00 e. The van der Waals surface area contributed by atoms with Gasteiger partial charge in [-0.2, -0.15) is 52.1 Å². The van der Waals surface area contributed by atoms with Crippen molar-refractivity contribution < 1.29 is 62.2 Å². The summed E-state index contributed by atoms with van der Waals surface area (Å²) in [7, 11) is 0. The quantitative estimate of drug-likeness (QED) is 0.219. The standard InChI is InChI=1S/C21H25.C10H15.C8H5F3.2ClH.Zr/c1-20(2,3)16-9-7-14-11-15-8-10-17(21(4,5)6)13-19(15)18(14)12-16;1-7(2)10-6-8(3)5-9(10)4;1-6-2-4-7(5-3-6)8(9,10)11;;;/h7,9-10,12-13H,11H2,1-6H3;5-7H,1-4H3;1-5H;2*1H;/q2*-1;;;;+2/p-2. The zero-order chi connectivity index (χ0) is 32.3. The molecule has 0 atom stereocenters. The minimum absolute atomic E-state index is 0. The average molecular weight is 733 g/mol. The molecule has 0 radical (unpaired) electrons. The second-order valence-electron chi connectivity index (χ2n) is 13.9. The molecule has 242 valence electrons. The second-order valence-corrected chi connectivity index (χ2v) is 14.6. The molecule has 0 spiro atoms. The van der Waals surface area contributed by atoms with Gasteiger partial charge < -0.3 is 24.8 Å². The molecular formula is C39H45Cl2F3Zr-2. The number of rotatable bonds is 2. The Bertz CT molecular complexity index is 1490. The van der Waals surface area contributed by atoms with Crippen LogP contribution in [0.5, 0.6) is 0 Å². The van der Waals surface area contributed by atoms with Gasteiger partial charge in [0.05, 0.1) is 0 Å². The molecule has 6 heteroatoms. The van der Waals surface area contributed by atoms with E-state index < -0.39 is 11.7 Å². The van der Waals surface area contributed by atoms with Gasteiger partial charge in [-0.15, -0.1) is 5.56 Å². The zero-order valence-electron chi connectivity index (χ0n) is 28.1. The van der Waals surface area contributed by atoms with Gasteiger partial charge in [0.2, 0.25) is 0 Å². The van der Waals surface area contributed by atoms with E-state index >= 15 is 0 Å². The van der Waals surface area contributed by atoms with Crippen molar-refractivity contribution in [2.45, 2.75) is 98.6 Å². The van der Waals surface area contributed by atoms with Crippen LogP contribution in [0.3, 0.4) is 0 Å². The first-order valence-corrected chi connectivity index (χ1v) is 16.3. The fraction of sp³-hybridized carbons (Fsp3) is 0.385. The van der Waals surface area contributed by atoms with E-state index in [4.69, 9.17) is 0 Å². The van der Waals surface area contributed by atoms with Crippen LogP contribution >= 0.6 is 0 Å². The number of fused-ring (bicyclic) bond motifs is 3. The predicted molar refractivity (Wildman–Crippen MR) is 173 cm³/mol. The molecule has 0 heterocycles. The van der Waals surface area contributed by atoms with Gasteiger partial charge in [-0.05, 0) is 17.4 Å². The predicted octanol–water partition coefficient (Wildman–Crippen LogP) is 5.21. The van der Waals surface area contributed by atoms with E-state index in [0.29, 0.717) is 5.92 Å². The van der Waals surface area contributed by atoms with Crippen LogP contribution in [0.15, 0.2) is 66.7 Å². The van der Waals surface area contributed by atoms with E-state index in [1.165, 1.54) is 86.4 Å². The summed E-state index contributed by atoms with van der Waals surface area (Å²) in [6.45, 7) is 22.5. The number of hydrogen-bond donors (Lipinski definition) is 0. The molecule has 45 heavy (non-hydrogen) atoms. The van der Waals surface area contributed by atoms with Crippen molar-refractivity contribution in [3.05, 3.63) is 123 Å². The third kappa shape index (κ3) is 11.1. The summed E-state index contributed by atoms with van der Waals surface area (Å²) in [5.41, 5.74) is 13.3. The van der Waals surface area contributed by atoms with Crippen molar-refractivity contribution >= 4 is 3.71 Å². The summed E-state index contributed by atoms with van der Waals surface area (Å²) in [5, 5.41) is 0. The number of hydrogen-bond acceptors (Lipinski definition) is 0. The van der Waals surface area contributed by atoms with Gasteiger partial charge >= 0.3 is 82.7 Å². The van der Waals surface area contributed by atoms with Crippen LogP contribution < -0.4 is 24.8 Å². The van der Waals surface area contributed by atoms with Crippen molar-refractivity contribution in [3.63, 3.8) is 0 Å². The van der Waals surface area contributed by atoms with E-state index in [-0.39, 0.29) is 35.6 Å². The molecule has 0 unspecified atom stereocenters. The van der Waals surface area contributed by atoms with E-state index in [0.717, 1.165) is 24.1 Å². The molecule has 0 bridgehead atoms. The summed E-state index contributed by atoms with van der Waals surface area (Å²) in [4.78, 5) is 0.